The first kappa shape index (κ1) is 9.91. The Bertz CT molecular complexity index is 723. The number of aromatic nitrogens is 1. The van der Waals surface area contributed by atoms with Gasteiger partial charge < -0.3 is 9.88 Å². The third kappa shape index (κ3) is 2.58. The predicted molar refractivity (Wildman–Crippen MR) is 64.7 cm³/mol. The van der Waals surface area contributed by atoms with Crippen molar-refractivity contribution in [1.29, 1.82) is 0 Å². The van der Waals surface area contributed by atoms with Gasteiger partial charge in [0.15, 0.2) is 17.5 Å². The zero-order valence-electron chi connectivity index (χ0n) is 12.2. The highest BCUT2D eigenvalue weighted by Gasteiger charge is 2.17. The van der Waals surface area contributed by atoms with Crippen LogP contribution in [0.4, 0.5) is 18.9 Å². The molecule has 1 N–H and O–H groups in total. The average molecular weight is 292 g/mol. The number of anilines is 1. The van der Waals surface area contributed by atoms with Gasteiger partial charge in [-0.3, -0.25) is 4.79 Å². The first-order valence-electron chi connectivity index (χ1n) is 6.44. The maximum atomic E-state index is 13.1. The maximum Gasteiger partial charge on any atom is 0.273 e. The van der Waals surface area contributed by atoms with Crippen molar-refractivity contribution in [3.8, 4) is 0 Å². The lowest BCUT2D eigenvalue weighted by Crippen LogP contribution is -2.16. The second-order valence-electron chi connectivity index (χ2n) is 3.59. The van der Waals surface area contributed by atoms with Crippen LogP contribution in [0.5, 0.6) is 0 Å². The number of nitrogens with one attached hydrogen (secondary N) is 1. The van der Waals surface area contributed by atoms with Gasteiger partial charge in [-0.15, -0.1) is 0 Å². The molecular formula is C12H8ClF3N2O. The number of hydrogen-bond donors (Lipinski definition) is 1. The second-order valence-corrected chi connectivity index (χ2v) is 4.00. The van der Waals surface area contributed by atoms with E-state index in [0.29, 0.717) is 16.7 Å². The number of carbonyl (C=O) groups is 1. The van der Waals surface area contributed by atoms with Crippen LogP contribution in [0.1, 0.15) is 14.6 Å². The number of amides is 1. The van der Waals surface area contributed by atoms with E-state index in [-0.39, 0.29) is 10.7 Å². The zero-order valence-corrected chi connectivity index (χ0v) is 9.93. The number of benzene rings is 1. The van der Waals surface area contributed by atoms with E-state index >= 15 is 0 Å². The lowest BCUT2D eigenvalue weighted by molar-refractivity contribution is 0.101. The highest BCUT2D eigenvalue weighted by molar-refractivity contribution is 6.34. The minimum Gasteiger partial charge on any atom is -0.345 e. The maximum absolute atomic E-state index is 13.1. The molecular weight excluding hydrogens is 281 g/mol. The summed E-state index contributed by atoms with van der Waals surface area (Å²) >= 11 is 5.76. The van der Waals surface area contributed by atoms with Gasteiger partial charge in [-0.05, 0) is 6.07 Å². The minimum absolute atomic E-state index is 0.156. The lowest BCUT2D eigenvalue weighted by atomic mass is 10.2. The van der Waals surface area contributed by atoms with Gasteiger partial charge >= 0.3 is 0 Å². The van der Waals surface area contributed by atoms with Gasteiger partial charge in [-0.25, -0.2) is 13.2 Å². The molecule has 1 amide bonds. The molecule has 0 bridgehead atoms. The summed E-state index contributed by atoms with van der Waals surface area (Å²) in [5.41, 5.74) is -0.789. The summed E-state index contributed by atoms with van der Waals surface area (Å²) in [7, 11) is 0. The molecule has 0 spiro atoms. The van der Waals surface area contributed by atoms with Crippen LogP contribution >= 0.6 is 11.6 Å². The number of aryl methyl sites for hydroxylation is 1. The molecule has 0 saturated carbocycles. The van der Waals surface area contributed by atoms with E-state index in [1.165, 1.54) is 6.07 Å². The van der Waals surface area contributed by atoms with Gasteiger partial charge in [-0.1, -0.05) is 11.6 Å². The summed E-state index contributed by atoms with van der Waals surface area (Å²) < 4.78 is 61.5. The van der Waals surface area contributed by atoms with Crippen molar-refractivity contribution < 1.29 is 22.1 Å². The van der Waals surface area contributed by atoms with E-state index in [1.807, 2.05) is 0 Å². The smallest absolute Gasteiger partial charge is 0.273 e. The Labute approximate surface area is 115 Å². The molecule has 0 radical (unpaired) electrons. The monoisotopic (exact) mass is 291 g/mol. The van der Waals surface area contributed by atoms with Crippen molar-refractivity contribution >= 4 is 23.2 Å². The van der Waals surface area contributed by atoms with Gasteiger partial charge in [0.05, 0.1) is 5.02 Å². The van der Waals surface area contributed by atoms with Crippen molar-refractivity contribution in [2.24, 2.45) is 6.98 Å². The van der Waals surface area contributed by atoms with E-state index < -0.39 is 36.0 Å². The number of hydrogen-bond acceptors (Lipinski definition) is 1. The SMILES string of the molecule is [2H]C([2H])([2H])n1ccc(Cl)c1C(=O)Nc1cc(F)c(F)c(F)c1. The van der Waals surface area contributed by atoms with Crippen LogP contribution in [-0.4, -0.2) is 10.5 Å². The second kappa shape index (κ2) is 4.97. The van der Waals surface area contributed by atoms with E-state index in [1.54, 1.807) is 0 Å². The molecule has 100 valence electrons. The van der Waals surface area contributed by atoms with Crippen LogP contribution in [-0.2, 0) is 6.98 Å². The Balaban J connectivity index is 2.37. The molecule has 0 fully saturated rings. The van der Waals surface area contributed by atoms with Crippen LogP contribution in [0, 0.1) is 17.5 Å². The van der Waals surface area contributed by atoms with Crippen LogP contribution < -0.4 is 5.32 Å². The third-order valence-electron chi connectivity index (χ3n) is 2.29. The van der Waals surface area contributed by atoms with Crippen LogP contribution in [0.15, 0.2) is 24.4 Å². The Kier molecular flexibility index (Phi) is 2.59. The van der Waals surface area contributed by atoms with E-state index in [4.69, 9.17) is 15.7 Å². The molecule has 0 aliphatic heterocycles. The molecule has 1 aromatic heterocycles. The van der Waals surface area contributed by atoms with Gasteiger partial charge in [-0.2, -0.15) is 0 Å². The van der Waals surface area contributed by atoms with Crippen molar-refractivity contribution in [2.75, 3.05) is 5.32 Å². The number of rotatable bonds is 2. The molecule has 0 aliphatic carbocycles. The van der Waals surface area contributed by atoms with Crippen molar-refractivity contribution in [2.45, 2.75) is 0 Å². The molecule has 0 atom stereocenters. The highest BCUT2D eigenvalue weighted by atomic mass is 35.5. The quantitative estimate of drug-likeness (QED) is 0.846. The Morgan fingerprint density at radius 3 is 2.58 bits per heavy atom. The van der Waals surface area contributed by atoms with Crippen molar-refractivity contribution in [1.82, 2.24) is 4.57 Å². The normalized spacial score (nSPS) is 13.6. The molecule has 2 rings (SSSR count). The summed E-state index contributed by atoms with van der Waals surface area (Å²) in [5.74, 6) is -5.67. The fourth-order valence-electron chi connectivity index (χ4n) is 1.44. The fourth-order valence-corrected chi connectivity index (χ4v) is 1.68. The van der Waals surface area contributed by atoms with Crippen molar-refractivity contribution in [3.63, 3.8) is 0 Å². The van der Waals surface area contributed by atoms with Crippen LogP contribution in [0.2, 0.25) is 5.02 Å². The predicted octanol–water partition coefficient (Wildman–Crippen LogP) is 3.35. The molecule has 0 aliphatic rings. The lowest BCUT2D eigenvalue weighted by Gasteiger charge is -2.07. The molecule has 0 unspecified atom stereocenters. The summed E-state index contributed by atoms with van der Waals surface area (Å²) in [4.78, 5) is 12.1. The molecule has 1 heterocycles. The molecule has 1 aromatic carbocycles. The zero-order chi connectivity index (χ0) is 16.7. The third-order valence-corrected chi connectivity index (χ3v) is 2.60. The standard InChI is InChI=1S/C12H8ClF3N2O/c1-18-3-2-7(13)11(18)12(19)17-6-4-8(14)10(16)9(15)5-6/h2-5H,1H3,(H,17,19)/i1D3. The molecule has 2 aromatic rings. The van der Waals surface area contributed by atoms with E-state index in [0.717, 1.165) is 6.20 Å². The molecule has 3 nitrogen and oxygen atoms in total. The largest absolute Gasteiger partial charge is 0.345 e. The Morgan fingerprint density at radius 1 is 1.37 bits per heavy atom. The minimum atomic E-state index is -2.67. The van der Waals surface area contributed by atoms with Crippen molar-refractivity contribution in [3.05, 3.63) is 52.6 Å². The number of halogens is 4. The first-order valence-corrected chi connectivity index (χ1v) is 5.32. The summed E-state index contributed by atoms with van der Waals surface area (Å²) in [5, 5.41) is 1.91. The first-order chi connectivity index (χ1) is 10.1. The highest BCUT2D eigenvalue weighted by Crippen LogP contribution is 2.20. The van der Waals surface area contributed by atoms with E-state index in [2.05, 4.69) is 5.32 Å². The number of carbonyl (C=O) groups excluding carboxylic acids is 1. The van der Waals surface area contributed by atoms with Gasteiger partial charge in [0.1, 0.15) is 5.69 Å². The Morgan fingerprint density at radius 2 is 2.00 bits per heavy atom. The Hall–Kier alpha value is -1.95. The van der Waals surface area contributed by atoms with Crippen LogP contribution in [0.25, 0.3) is 0 Å². The van der Waals surface area contributed by atoms with Gasteiger partial charge in [0.25, 0.3) is 5.91 Å². The molecule has 0 saturated heterocycles. The van der Waals surface area contributed by atoms with Crippen LogP contribution in [0.3, 0.4) is 0 Å². The fraction of sp³-hybridized carbons (Fsp3) is 0.0833. The topological polar surface area (TPSA) is 34.0 Å². The average Bonchev–Trinajstić information content (AvgIpc) is 2.77. The molecule has 7 heteroatoms. The van der Waals surface area contributed by atoms with E-state index in [9.17, 15) is 18.0 Å². The number of nitrogens with zero attached hydrogens (tertiary/aromatic N) is 1. The summed E-state index contributed by atoms with van der Waals surface area (Å²) in [6.07, 6.45) is 1.08. The summed E-state index contributed by atoms with van der Waals surface area (Å²) in [6, 6.07) is 2.31. The summed E-state index contributed by atoms with van der Waals surface area (Å²) in [6.45, 7) is -2.67. The van der Waals surface area contributed by atoms with Gasteiger partial charge in [0.2, 0.25) is 0 Å². The molecule has 19 heavy (non-hydrogen) atoms. The van der Waals surface area contributed by atoms with Gasteiger partial charge in [0, 0.05) is 35.1 Å².